The van der Waals surface area contributed by atoms with E-state index in [-0.39, 0.29) is 17.7 Å². The van der Waals surface area contributed by atoms with Crippen molar-refractivity contribution in [1.29, 1.82) is 0 Å². The van der Waals surface area contributed by atoms with Crippen molar-refractivity contribution in [3.63, 3.8) is 0 Å². The fourth-order valence-electron chi connectivity index (χ4n) is 3.80. The minimum absolute atomic E-state index is 0.191. The molecular weight excluding hydrogens is 621 g/mol. The van der Waals surface area contributed by atoms with Crippen LogP contribution in [-0.2, 0) is 24.4 Å². The highest BCUT2D eigenvalue weighted by atomic mass is 127. The van der Waals surface area contributed by atoms with Gasteiger partial charge in [0.25, 0.3) is 11.1 Å². The number of thioether (sulfide) groups is 1. The molecule has 0 aliphatic carbocycles. The van der Waals surface area contributed by atoms with E-state index in [1.54, 1.807) is 36.4 Å². The Morgan fingerprint density at radius 2 is 1.73 bits per heavy atom. The Bertz CT molecular complexity index is 1340. The Hall–Kier alpha value is -2.75. The fourth-order valence-corrected chi connectivity index (χ4v) is 5.12. The molecule has 0 radical (unpaired) electrons. The molecule has 1 fully saturated rings. The average molecular weight is 646 g/mol. The highest BCUT2D eigenvalue weighted by Gasteiger charge is 2.35. The van der Waals surface area contributed by atoms with Crippen molar-refractivity contribution in [2.75, 3.05) is 6.61 Å². The summed E-state index contributed by atoms with van der Waals surface area (Å²) in [6.07, 6.45) is 4.08. The highest BCUT2D eigenvalue weighted by Crippen LogP contribution is 2.38. The summed E-state index contributed by atoms with van der Waals surface area (Å²) in [5.41, 5.74) is 3.51. The smallest absolute Gasteiger partial charge is 0.293 e. The van der Waals surface area contributed by atoms with Crippen LogP contribution in [0.2, 0.25) is 5.02 Å². The van der Waals surface area contributed by atoms with Crippen LogP contribution in [0.15, 0.2) is 78.2 Å². The normalized spacial score (nSPS) is 14.4. The van der Waals surface area contributed by atoms with Crippen LogP contribution in [0.25, 0.3) is 6.08 Å². The maximum atomic E-state index is 13.1. The van der Waals surface area contributed by atoms with Crippen LogP contribution in [-0.4, -0.2) is 22.7 Å². The van der Waals surface area contributed by atoms with Gasteiger partial charge in [0.2, 0.25) is 0 Å². The van der Waals surface area contributed by atoms with Crippen LogP contribution in [0.5, 0.6) is 11.5 Å². The largest absolute Gasteiger partial charge is 0.490 e. The third kappa shape index (κ3) is 6.97. The molecule has 8 heteroatoms. The van der Waals surface area contributed by atoms with Gasteiger partial charge in [-0.05, 0) is 107 Å². The van der Waals surface area contributed by atoms with Gasteiger partial charge >= 0.3 is 0 Å². The van der Waals surface area contributed by atoms with Crippen molar-refractivity contribution in [2.45, 2.75) is 26.5 Å². The van der Waals surface area contributed by atoms with E-state index in [2.05, 4.69) is 29.2 Å². The monoisotopic (exact) mass is 645 g/mol. The predicted molar refractivity (Wildman–Crippen MR) is 158 cm³/mol. The number of imide groups is 1. The summed E-state index contributed by atoms with van der Waals surface area (Å²) in [4.78, 5) is 27.3. The number of carbonyl (C=O) groups is 2. The van der Waals surface area contributed by atoms with Gasteiger partial charge in [0.05, 0.1) is 18.1 Å². The second kappa shape index (κ2) is 12.7. The maximum absolute atomic E-state index is 13.1. The number of benzene rings is 3. The summed E-state index contributed by atoms with van der Waals surface area (Å²) in [6.45, 7) is 6.82. The molecule has 5 nitrogen and oxygen atoms in total. The number of hydrogen-bond acceptors (Lipinski definition) is 5. The van der Waals surface area contributed by atoms with Crippen molar-refractivity contribution in [3.8, 4) is 11.5 Å². The van der Waals surface area contributed by atoms with Gasteiger partial charge in [-0.2, -0.15) is 0 Å². The van der Waals surface area contributed by atoms with Crippen LogP contribution in [0.4, 0.5) is 4.79 Å². The molecule has 4 rings (SSSR count). The zero-order valence-electron chi connectivity index (χ0n) is 20.2. The van der Waals surface area contributed by atoms with Crippen LogP contribution < -0.4 is 9.47 Å². The van der Waals surface area contributed by atoms with E-state index in [1.165, 1.54) is 4.90 Å². The van der Waals surface area contributed by atoms with E-state index in [4.69, 9.17) is 21.1 Å². The minimum atomic E-state index is -0.327. The summed E-state index contributed by atoms with van der Waals surface area (Å²) in [7, 11) is 0. The zero-order valence-corrected chi connectivity index (χ0v) is 23.9. The molecule has 190 valence electrons. The molecule has 3 aromatic rings. The quantitative estimate of drug-likeness (QED) is 0.128. The Morgan fingerprint density at radius 3 is 2.41 bits per heavy atom. The van der Waals surface area contributed by atoms with Gasteiger partial charge < -0.3 is 9.47 Å². The predicted octanol–water partition coefficient (Wildman–Crippen LogP) is 7.89. The van der Waals surface area contributed by atoms with E-state index in [9.17, 15) is 9.59 Å². The molecule has 0 atom stereocenters. The highest BCUT2D eigenvalue weighted by molar-refractivity contribution is 14.1. The van der Waals surface area contributed by atoms with Crippen LogP contribution >= 0.6 is 46.0 Å². The molecule has 0 unspecified atom stereocenters. The van der Waals surface area contributed by atoms with Crippen molar-refractivity contribution in [2.24, 2.45) is 0 Å². The van der Waals surface area contributed by atoms with Gasteiger partial charge in [-0.25, -0.2) is 0 Å². The number of hydrogen-bond donors (Lipinski definition) is 0. The summed E-state index contributed by atoms with van der Waals surface area (Å²) in [5.74, 6) is 0.902. The molecule has 0 bridgehead atoms. The fraction of sp³-hybridized carbons (Fsp3) is 0.172. The van der Waals surface area contributed by atoms with E-state index in [0.29, 0.717) is 41.1 Å². The minimum Gasteiger partial charge on any atom is -0.490 e. The van der Waals surface area contributed by atoms with Crippen molar-refractivity contribution < 1.29 is 19.1 Å². The molecule has 0 N–H and O–H groups in total. The molecule has 0 aromatic heterocycles. The van der Waals surface area contributed by atoms with Gasteiger partial charge in [-0.1, -0.05) is 41.9 Å². The summed E-state index contributed by atoms with van der Waals surface area (Å²) in [5, 5.41) is 0.296. The number of ether oxygens (including phenoxy) is 2. The summed E-state index contributed by atoms with van der Waals surface area (Å²) < 4.78 is 13.3. The Morgan fingerprint density at radius 1 is 1.03 bits per heavy atom. The Kier molecular flexibility index (Phi) is 9.34. The van der Waals surface area contributed by atoms with Gasteiger partial charge in [0.15, 0.2) is 11.5 Å². The number of nitrogens with zero attached hydrogens (tertiary/aromatic N) is 1. The lowest BCUT2D eigenvalue weighted by Gasteiger charge is -2.17. The van der Waals surface area contributed by atoms with Crippen LogP contribution in [0.1, 0.15) is 29.2 Å². The molecule has 0 saturated carbocycles. The third-order valence-electron chi connectivity index (χ3n) is 5.54. The van der Waals surface area contributed by atoms with E-state index in [1.807, 2.05) is 43.3 Å². The van der Waals surface area contributed by atoms with Gasteiger partial charge in [0.1, 0.15) is 6.61 Å². The maximum Gasteiger partial charge on any atom is 0.293 e. The number of amides is 2. The lowest BCUT2D eigenvalue weighted by atomic mass is 10.0. The second-order valence-corrected chi connectivity index (χ2v) is 10.9. The lowest BCUT2D eigenvalue weighted by Crippen LogP contribution is -2.27. The van der Waals surface area contributed by atoms with E-state index in [0.717, 1.165) is 37.6 Å². The Balaban J connectivity index is 1.60. The van der Waals surface area contributed by atoms with Crippen molar-refractivity contribution in [3.05, 3.63) is 109 Å². The first-order valence-electron chi connectivity index (χ1n) is 11.7. The first kappa shape index (κ1) is 27.3. The van der Waals surface area contributed by atoms with Gasteiger partial charge in [-0.15, -0.1) is 6.58 Å². The topological polar surface area (TPSA) is 55.8 Å². The molecule has 37 heavy (non-hydrogen) atoms. The first-order chi connectivity index (χ1) is 17.9. The van der Waals surface area contributed by atoms with Gasteiger partial charge in [0, 0.05) is 14.2 Å². The molecule has 1 aliphatic rings. The van der Waals surface area contributed by atoms with Gasteiger partial charge in [-0.3, -0.25) is 14.5 Å². The summed E-state index contributed by atoms with van der Waals surface area (Å²) >= 11 is 9.15. The summed E-state index contributed by atoms with van der Waals surface area (Å²) in [6, 6.07) is 19.0. The third-order valence-corrected chi connectivity index (χ3v) is 7.42. The Labute approximate surface area is 239 Å². The number of halogens is 2. The van der Waals surface area contributed by atoms with Crippen LogP contribution in [0, 0.1) is 3.57 Å². The lowest BCUT2D eigenvalue weighted by molar-refractivity contribution is -0.123. The molecule has 0 spiro atoms. The van der Waals surface area contributed by atoms with Crippen molar-refractivity contribution >= 4 is 63.2 Å². The standard InChI is InChI=1S/C29H25ClINO4S/c1-3-5-22-14-21(15-25(35-4-2)27(22)36-18-20-8-12-24(31)13-9-20)16-26-28(33)32(29(34)37-26)17-19-6-10-23(30)11-7-19/h3,6-16H,1,4-5,17-18H2,2H3/b26-16+. The SMILES string of the molecule is C=CCc1cc(/C=C2/SC(=O)N(Cc3ccc(Cl)cc3)C2=O)cc(OCC)c1OCc1ccc(I)cc1. The number of rotatable bonds is 10. The number of carbonyl (C=O) groups excluding carboxylic acids is 2. The molecule has 1 heterocycles. The molecule has 2 amide bonds. The van der Waals surface area contributed by atoms with E-state index >= 15 is 0 Å². The molecule has 1 saturated heterocycles. The van der Waals surface area contributed by atoms with Crippen LogP contribution in [0.3, 0.4) is 0 Å². The average Bonchev–Trinajstić information content (AvgIpc) is 3.13. The van der Waals surface area contributed by atoms with Crippen molar-refractivity contribution in [1.82, 2.24) is 4.90 Å². The second-order valence-electron chi connectivity index (χ2n) is 8.24. The molecular formula is C29H25ClINO4S. The first-order valence-corrected chi connectivity index (χ1v) is 13.9. The molecule has 3 aromatic carbocycles. The number of allylic oxidation sites excluding steroid dienone is 1. The zero-order chi connectivity index (χ0) is 26.4. The van der Waals surface area contributed by atoms with E-state index < -0.39 is 0 Å². The molecule has 1 aliphatic heterocycles.